The van der Waals surface area contributed by atoms with Gasteiger partial charge in [0.2, 0.25) is 0 Å². The zero-order valence-corrected chi connectivity index (χ0v) is 12.4. The van der Waals surface area contributed by atoms with E-state index in [0.717, 1.165) is 35.3 Å². The lowest BCUT2D eigenvalue weighted by Gasteiger charge is -2.08. The van der Waals surface area contributed by atoms with Crippen molar-refractivity contribution in [1.82, 2.24) is 14.8 Å². The number of hydrogen-bond donors (Lipinski definition) is 0. The minimum absolute atomic E-state index is 0.184. The normalized spacial score (nSPS) is 14.7. The molecule has 106 valence electrons. The molecule has 0 spiro atoms. The molecule has 1 heterocycles. The van der Waals surface area contributed by atoms with Gasteiger partial charge in [-0.25, -0.2) is 4.39 Å². The summed E-state index contributed by atoms with van der Waals surface area (Å²) in [7, 11) is 0. The Morgan fingerprint density at radius 2 is 2.20 bits per heavy atom. The Morgan fingerprint density at radius 1 is 1.35 bits per heavy atom. The van der Waals surface area contributed by atoms with Crippen molar-refractivity contribution in [3.05, 3.63) is 41.5 Å². The Labute approximate surface area is 122 Å². The molecule has 1 aromatic carbocycles. The maximum atomic E-state index is 13.2. The van der Waals surface area contributed by atoms with Crippen molar-refractivity contribution in [2.75, 3.05) is 0 Å². The monoisotopic (exact) mass is 291 g/mol. The van der Waals surface area contributed by atoms with E-state index >= 15 is 0 Å². The van der Waals surface area contributed by atoms with Gasteiger partial charge < -0.3 is 4.57 Å². The van der Waals surface area contributed by atoms with Gasteiger partial charge >= 0.3 is 0 Å². The van der Waals surface area contributed by atoms with E-state index in [1.807, 2.05) is 6.07 Å². The van der Waals surface area contributed by atoms with Crippen LogP contribution in [-0.4, -0.2) is 14.8 Å². The first-order chi connectivity index (χ1) is 9.78. The molecule has 0 bridgehead atoms. The molecular formula is C15H18FN3S. The fourth-order valence-electron chi connectivity index (χ4n) is 2.26. The minimum atomic E-state index is -0.184. The van der Waals surface area contributed by atoms with Gasteiger partial charge in [0, 0.05) is 18.2 Å². The van der Waals surface area contributed by atoms with Crippen LogP contribution in [0.4, 0.5) is 4.39 Å². The molecule has 0 atom stereocenters. The molecule has 2 aromatic rings. The van der Waals surface area contributed by atoms with Crippen LogP contribution in [0.2, 0.25) is 0 Å². The molecule has 0 radical (unpaired) electrons. The molecule has 1 saturated carbocycles. The van der Waals surface area contributed by atoms with E-state index in [1.165, 1.54) is 18.9 Å². The molecular weight excluding hydrogens is 273 g/mol. The van der Waals surface area contributed by atoms with Gasteiger partial charge in [0.25, 0.3) is 0 Å². The molecule has 0 aliphatic heterocycles. The summed E-state index contributed by atoms with van der Waals surface area (Å²) in [6.45, 7) is 3.13. The number of halogens is 1. The molecule has 0 unspecified atom stereocenters. The minimum Gasteiger partial charge on any atom is -0.306 e. The number of aromatic nitrogens is 3. The summed E-state index contributed by atoms with van der Waals surface area (Å²) in [5, 5.41) is 9.62. The Bertz CT molecular complexity index is 593. The number of hydrogen-bond acceptors (Lipinski definition) is 3. The lowest BCUT2D eigenvalue weighted by atomic mass is 10.2. The van der Waals surface area contributed by atoms with Crippen LogP contribution in [0.3, 0.4) is 0 Å². The van der Waals surface area contributed by atoms with Crippen LogP contribution in [0.5, 0.6) is 0 Å². The average molecular weight is 291 g/mol. The fourth-order valence-corrected chi connectivity index (χ4v) is 3.17. The third-order valence-corrected chi connectivity index (χ3v) is 4.43. The highest BCUT2D eigenvalue weighted by Crippen LogP contribution is 2.40. The topological polar surface area (TPSA) is 30.7 Å². The van der Waals surface area contributed by atoms with Crippen molar-refractivity contribution in [3.8, 4) is 0 Å². The van der Waals surface area contributed by atoms with Crippen molar-refractivity contribution in [2.45, 2.75) is 49.6 Å². The van der Waals surface area contributed by atoms with E-state index < -0.39 is 0 Å². The van der Waals surface area contributed by atoms with Gasteiger partial charge in [0.15, 0.2) is 5.16 Å². The molecule has 20 heavy (non-hydrogen) atoms. The smallest absolute Gasteiger partial charge is 0.191 e. The van der Waals surface area contributed by atoms with Gasteiger partial charge in [0.1, 0.15) is 11.6 Å². The third-order valence-electron chi connectivity index (χ3n) is 3.39. The molecule has 0 amide bonds. The Balaban J connectivity index is 1.73. The molecule has 0 saturated heterocycles. The van der Waals surface area contributed by atoms with Crippen LogP contribution in [0.1, 0.15) is 43.5 Å². The summed E-state index contributed by atoms with van der Waals surface area (Å²) in [5.74, 6) is 2.28. The van der Waals surface area contributed by atoms with Gasteiger partial charge in [-0.05, 0) is 37.0 Å². The second kappa shape index (κ2) is 5.95. The van der Waals surface area contributed by atoms with Crippen molar-refractivity contribution in [3.63, 3.8) is 0 Å². The molecule has 3 nitrogen and oxygen atoms in total. The summed E-state index contributed by atoms with van der Waals surface area (Å²) >= 11 is 1.64. The first kappa shape index (κ1) is 13.6. The van der Waals surface area contributed by atoms with Gasteiger partial charge in [-0.1, -0.05) is 30.8 Å². The summed E-state index contributed by atoms with van der Waals surface area (Å²) in [6.07, 6.45) is 3.54. The van der Waals surface area contributed by atoms with Gasteiger partial charge in [-0.15, -0.1) is 10.2 Å². The SMILES string of the molecule is CCCn1c(SCc2cccc(F)c2)nnc1C1CC1. The van der Waals surface area contributed by atoms with E-state index in [-0.39, 0.29) is 5.82 Å². The summed E-state index contributed by atoms with van der Waals surface area (Å²) in [4.78, 5) is 0. The van der Waals surface area contributed by atoms with Gasteiger partial charge in [-0.2, -0.15) is 0 Å². The number of nitrogens with zero attached hydrogens (tertiary/aromatic N) is 3. The predicted octanol–water partition coefficient (Wildman–Crippen LogP) is 4.00. The second-order valence-corrected chi connectivity index (χ2v) is 6.13. The van der Waals surface area contributed by atoms with E-state index in [0.29, 0.717) is 5.92 Å². The van der Waals surface area contributed by atoms with Crippen molar-refractivity contribution in [1.29, 1.82) is 0 Å². The highest BCUT2D eigenvalue weighted by atomic mass is 32.2. The lowest BCUT2D eigenvalue weighted by molar-refractivity contribution is 0.592. The van der Waals surface area contributed by atoms with Crippen LogP contribution in [0, 0.1) is 5.82 Å². The molecule has 1 fully saturated rings. The van der Waals surface area contributed by atoms with Crippen LogP contribution in [-0.2, 0) is 12.3 Å². The van der Waals surface area contributed by atoms with Crippen LogP contribution in [0.15, 0.2) is 29.4 Å². The summed E-state index contributed by atoms with van der Waals surface area (Å²) in [5.41, 5.74) is 0.981. The fraction of sp³-hybridized carbons (Fsp3) is 0.467. The molecule has 1 aliphatic rings. The zero-order valence-electron chi connectivity index (χ0n) is 11.6. The molecule has 3 rings (SSSR count). The lowest BCUT2D eigenvalue weighted by Crippen LogP contribution is -2.03. The van der Waals surface area contributed by atoms with E-state index in [9.17, 15) is 4.39 Å². The number of benzene rings is 1. The quantitative estimate of drug-likeness (QED) is 0.754. The molecule has 1 aliphatic carbocycles. The predicted molar refractivity (Wildman–Crippen MR) is 78.2 cm³/mol. The van der Waals surface area contributed by atoms with Gasteiger partial charge in [0.05, 0.1) is 0 Å². The zero-order chi connectivity index (χ0) is 13.9. The van der Waals surface area contributed by atoms with Gasteiger partial charge in [-0.3, -0.25) is 0 Å². The van der Waals surface area contributed by atoms with E-state index in [1.54, 1.807) is 23.9 Å². The Kier molecular flexibility index (Phi) is 4.05. The maximum absolute atomic E-state index is 13.2. The maximum Gasteiger partial charge on any atom is 0.191 e. The Hall–Kier alpha value is -1.36. The van der Waals surface area contributed by atoms with E-state index in [4.69, 9.17) is 0 Å². The van der Waals surface area contributed by atoms with Crippen molar-refractivity contribution < 1.29 is 4.39 Å². The average Bonchev–Trinajstić information content (AvgIpc) is 3.20. The highest BCUT2D eigenvalue weighted by Gasteiger charge is 2.30. The largest absolute Gasteiger partial charge is 0.306 e. The molecule has 5 heteroatoms. The highest BCUT2D eigenvalue weighted by molar-refractivity contribution is 7.98. The van der Waals surface area contributed by atoms with Crippen molar-refractivity contribution in [2.24, 2.45) is 0 Å². The number of rotatable bonds is 6. The standard InChI is InChI=1S/C15H18FN3S/c1-2-8-19-14(12-6-7-12)17-18-15(19)20-10-11-4-3-5-13(16)9-11/h3-5,9,12H,2,6-8,10H2,1H3. The summed E-state index contributed by atoms with van der Waals surface area (Å²) < 4.78 is 15.4. The third kappa shape index (κ3) is 3.03. The Morgan fingerprint density at radius 3 is 2.90 bits per heavy atom. The number of thioether (sulfide) groups is 1. The van der Waals surface area contributed by atoms with Crippen LogP contribution < -0.4 is 0 Å². The summed E-state index contributed by atoms with van der Waals surface area (Å²) in [6, 6.07) is 6.74. The molecule has 0 N–H and O–H groups in total. The molecule has 1 aromatic heterocycles. The van der Waals surface area contributed by atoms with Crippen molar-refractivity contribution >= 4 is 11.8 Å². The van der Waals surface area contributed by atoms with E-state index in [2.05, 4.69) is 21.7 Å². The first-order valence-corrected chi connectivity index (χ1v) is 8.07. The second-order valence-electron chi connectivity index (χ2n) is 5.19. The first-order valence-electron chi connectivity index (χ1n) is 7.08. The van der Waals surface area contributed by atoms with Crippen LogP contribution >= 0.6 is 11.8 Å². The van der Waals surface area contributed by atoms with Crippen LogP contribution in [0.25, 0.3) is 0 Å².